The minimum absolute atomic E-state index is 0.367. The highest BCUT2D eigenvalue weighted by Crippen LogP contribution is 2.31. The van der Waals surface area contributed by atoms with Gasteiger partial charge < -0.3 is 15.0 Å². The van der Waals surface area contributed by atoms with Crippen LogP contribution in [0, 0.1) is 12.3 Å². The van der Waals surface area contributed by atoms with Gasteiger partial charge in [-0.15, -0.1) is 0 Å². The van der Waals surface area contributed by atoms with Gasteiger partial charge in [-0.3, -0.25) is 0 Å². The Hall–Kier alpha value is -0.900. The van der Waals surface area contributed by atoms with Crippen molar-refractivity contribution in [3.8, 4) is 0 Å². The molecule has 1 aromatic carbocycles. The highest BCUT2D eigenvalue weighted by atomic mass is 16.5. The lowest BCUT2D eigenvalue weighted by Gasteiger charge is -2.40. The minimum atomic E-state index is 0.367. The summed E-state index contributed by atoms with van der Waals surface area (Å²) in [6.07, 6.45) is 2.32. The third kappa shape index (κ3) is 4.30. The molecule has 3 heteroatoms. The van der Waals surface area contributed by atoms with E-state index >= 15 is 0 Å². The summed E-state index contributed by atoms with van der Waals surface area (Å²) < 4.78 is 5.54. The van der Waals surface area contributed by atoms with Crippen LogP contribution in [0.2, 0.25) is 0 Å². The zero-order valence-corrected chi connectivity index (χ0v) is 13.1. The monoisotopic (exact) mass is 276 g/mol. The Morgan fingerprint density at radius 1 is 1.30 bits per heavy atom. The van der Waals surface area contributed by atoms with Crippen molar-refractivity contribution >= 4 is 0 Å². The van der Waals surface area contributed by atoms with E-state index in [1.54, 1.807) is 0 Å². The van der Waals surface area contributed by atoms with Crippen molar-refractivity contribution in [2.45, 2.75) is 26.3 Å². The molecule has 1 aromatic rings. The standard InChI is InChI=1S/C17H28N2O/c1-15-5-4-6-16(11-15)12-19(3)14-17(13-18-2)7-9-20-10-8-17/h4-6,11,18H,7-10,12-14H2,1-3H3. The van der Waals surface area contributed by atoms with Gasteiger partial charge in [-0.25, -0.2) is 0 Å². The summed E-state index contributed by atoms with van der Waals surface area (Å²) in [5, 5.41) is 3.37. The van der Waals surface area contributed by atoms with E-state index in [0.717, 1.165) is 45.7 Å². The fourth-order valence-electron chi connectivity index (χ4n) is 3.32. The van der Waals surface area contributed by atoms with E-state index in [1.807, 2.05) is 0 Å². The molecule has 0 unspecified atom stereocenters. The van der Waals surface area contributed by atoms with Gasteiger partial charge in [0, 0.05) is 32.8 Å². The van der Waals surface area contributed by atoms with Gasteiger partial charge in [0.1, 0.15) is 0 Å². The third-order valence-electron chi connectivity index (χ3n) is 4.25. The molecule has 0 spiro atoms. The number of benzene rings is 1. The van der Waals surface area contributed by atoms with Crippen LogP contribution in [0.5, 0.6) is 0 Å². The van der Waals surface area contributed by atoms with E-state index in [1.165, 1.54) is 11.1 Å². The third-order valence-corrected chi connectivity index (χ3v) is 4.25. The quantitative estimate of drug-likeness (QED) is 0.864. The Morgan fingerprint density at radius 2 is 2.05 bits per heavy atom. The first-order valence-electron chi connectivity index (χ1n) is 7.60. The molecule has 0 atom stereocenters. The molecule has 1 saturated heterocycles. The molecule has 1 N–H and O–H groups in total. The van der Waals surface area contributed by atoms with Crippen LogP contribution in [0.4, 0.5) is 0 Å². The first kappa shape index (κ1) is 15.5. The SMILES string of the molecule is CNCC1(CN(C)Cc2cccc(C)c2)CCOCC1. The van der Waals surface area contributed by atoms with Crippen molar-refractivity contribution in [3.63, 3.8) is 0 Å². The molecule has 3 nitrogen and oxygen atoms in total. The zero-order valence-electron chi connectivity index (χ0n) is 13.1. The van der Waals surface area contributed by atoms with Crippen molar-refractivity contribution in [1.82, 2.24) is 10.2 Å². The van der Waals surface area contributed by atoms with Crippen LogP contribution in [0.1, 0.15) is 24.0 Å². The van der Waals surface area contributed by atoms with Crippen molar-refractivity contribution < 1.29 is 4.74 Å². The van der Waals surface area contributed by atoms with Gasteiger partial charge >= 0.3 is 0 Å². The summed E-state index contributed by atoms with van der Waals surface area (Å²) in [6.45, 7) is 7.19. The van der Waals surface area contributed by atoms with Gasteiger partial charge in [0.2, 0.25) is 0 Å². The van der Waals surface area contributed by atoms with Crippen molar-refractivity contribution in [3.05, 3.63) is 35.4 Å². The van der Waals surface area contributed by atoms with Crippen LogP contribution < -0.4 is 5.32 Å². The molecule has 0 radical (unpaired) electrons. The van der Waals surface area contributed by atoms with Gasteiger partial charge in [0.05, 0.1) is 0 Å². The zero-order chi connectivity index (χ0) is 14.4. The summed E-state index contributed by atoms with van der Waals surface area (Å²) in [7, 11) is 4.28. The summed E-state index contributed by atoms with van der Waals surface area (Å²) in [4.78, 5) is 2.46. The fraction of sp³-hybridized carbons (Fsp3) is 0.647. The molecule has 20 heavy (non-hydrogen) atoms. The maximum atomic E-state index is 5.54. The molecule has 1 heterocycles. The molecule has 0 saturated carbocycles. The van der Waals surface area contributed by atoms with Crippen molar-refractivity contribution in [1.29, 1.82) is 0 Å². The van der Waals surface area contributed by atoms with Crippen LogP contribution in [0.25, 0.3) is 0 Å². The Labute approximate surface area is 123 Å². The number of hydrogen-bond acceptors (Lipinski definition) is 3. The van der Waals surface area contributed by atoms with Gasteiger partial charge in [-0.2, -0.15) is 0 Å². The number of ether oxygens (including phenoxy) is 1. The summed E-state index contributed by atoms with van der Waals surface area (Å²) in [5.41, 5.74) is 3.11. The summed E-state index contributed by atoms with van der Waals surface area (Å²) >= 11 is 0. The minimum Gasteiger partial charge on any atom is -0.381 e. The first-order chi connectivity index (χ1) is 9.63. The average Bonchev–Trinajstić information content (AvgIpc) is 2.39. The normalized spacial score (nSPS) is 18.4. The van der Waals surface area contributed by atoms with E-state index in [-0.39, 0.29) is 0 Å². The molecule has 0 aliphatic carbocycles. The first-order valence-corrected chi connectivity index (χ1v) is 7.60. The molecular weight excluding hydrogens is 248 g/mol. The van der Waals surface area contributed by atoms with Crippen LogP contribution in [-0.4, -0.2) is 45.3 Å². The Bertz CT molecular complexity index is 408. The van der Waals surface area contributed by atoms with Crippen molar-refractivity contribution in [2.24, 2.45) is 5.41 Å². The van der Waals surface area contributed by atoms with Gasteiger partial charge in [-0.05, 0) is 44.8 Å². The van der Waals surface area contributed by atoms with E-state index < -0.39 is 0 Å². The molecule has 2 rings (SSSR count). The molecule has 1 aliphatic rings. The van der Waals surface area contributed by atoms with Crippen LogP contribution in [-0.2, 0) is 11.3 Å². The summed E-state index contributed by atoms with van der Waals surface area (Å²) in [5.74, 6) is 0. The van der Waals surface area contributed by atoms with E-state index in [0.29, 0.717) is 5.41 Å². The molecule has 0 bridgehead atoms. The number of nitrogens with one attached hydrogen (secondary N) is 1. The Balaban J connectivity index is 1.95. The molecule has 1 aliphatic heterocycles. The van der Waals surface area contributed by atoms with Gasteiger partial charge in [0.15, 0.2) is 0 Å². The predicted octanol–water partition coefficient (Wildman–Crippen LogP) is 2.44. The second-order valence-electron chi connectivity index (χ2n) is 6.30. The maximum absolute atomic E-state index is 5.54. The second-order valence-corrected chi connectivity index (χ2v) is 6.30. The molecule has 1 fully saturated rings. The molecule has 112 valence electrons. The molecular formula is C17H28N2O. The van der Waals surface area contributed by atoms with E-state index in [2.05, 4.69) is 55.5 Å². The maximum Gasteiger partial charge on any atom is 0.0472 e. The Kier molecular flexibility index (Phi) is 5.58. The van der Waals surface area contributed by atoms with Crippen LogP contribution in [0.15, 0.2) is 24.3 Å². The molecule has 0 amide bonds. The lowest BCUT2D eigenvalue weighted by Crippen LogP contribution is -2.45. The second kappa shape index (κ2) is 7.21. The average molecular weight is 276 g/mol. The van der Waals surface area contributed by atoms with Gasteiger partial charge in [0.25, 0.3) is 0 Å². The largest absolute Gasteiger partial charge is 0.381 e. The van der Waals surface area contributed by atoms with Crippen LogP contribution >= 0.6 is 0 Å². The lowest BCUT2D eigenvalue weighted by molar-refractivity contribution is -0.000735. The predicted molar refractivity (Wildman–Crippen MR) is 83.9 cm³/mol. The molecule has 0 aromatic heterocycles. The fourth-order valence-corrected chi connectivity index (χ4v) is 3.32. The topological polar surface area (TPSA) is 24.5 Å². The number of nitrogens with zero attached hydrogens (tertiary/aromatic N) is 1. The van der Waals surface area contributed by atoms with E-state index in [4.69, 9.17) is 4.74 Å². The number of hydrogen-bond donors (Lipinski definition) is 1. The van der Waals surface area contributed by atoms with Gasteiger partial charge in [-0.1, -0.05) is 29.8 Å². The smallest absolute Gasteiger partial charge is 0.0472 e. The number of aryl methyl sites for hydroxylation is 1. The van der Waals surface area contributed by atoms with E-state index in [9.17, 15) is 0 Å². The highest BCUT2D eigenvalue weighted by molar-refractivity contribution is 5.22. The Morgan fingerprint density at radius 3 is 2.70 bits per heavy atom. The highest BCUT2D eigenvalue weighted by Gasteiger charge is 2.33. The van der Waals surface area contributed by atoms with Crippen LogP contribution in [0.3, 0.4) is 0 Å². The lowest BCUT2D eigenvalue weighted by atomic mass is 9.79. The number of rotatable bonds is 6. The van der Waals surface area contributed by atoms with Crippen molar-refractivity contribution in [2.75, 3.05) is 40.4 Å². The summed E-state index contributed by atoms with van der Waals surface area (Å²) in [6, 6.07) is 8.81.